The molecule has 1 rings (SSSR count). The monoisotopic (exact) mass is 306 g/mol. The smallest absolute Gasteiger partial charge is 0.385 e. The Hall–Kier alpha value is -1.57. The first-order valence-electron chi connectivity index (χ1n) is 6.90. The van der Waals surface area contributed by atoms with Crippen molar-refractivity contribution in [3.05, 3.63) is 11.8 Å². The van der Waals surface area contributed by atoms with Crippen LogP contribution in [0.4, 0.5) is 24.9 Å². The van der Waals surface area contributed by atoms with Gasteiger partial charge >= 0.3 is 6.18 Å². The zero-order chi connectivity index (χ0) is 15.7. The first kappa shape index (κ1) is 17.5. The SMILES string of the molecule is CCCNc1nc(NCCCCOC)cc(C(F)(F)F)n1. The van der Waals surface area contributed by atoms with E-state index in [-0.39, 0.29) is 11.8 Å². The van der Waals surface area contributed by atoms with Crippen LogP contribution in [0.25, 0.3) is 0 Å². The molecule has 8 heteroatoms. The number of rotatable bonds is 9. The number of alkyl halides is 3. The van der Waals surface area contributed by atoms with Crippen molar-refractivity contribution >= 4 is 11.8 Å². The summed E-state index contributed by atoms with van der Waals surface area (Å²) in [6.07, 6.45) is -2.09. The zero-order valence-corrected chi connectivity index (χ0v) is 12.3. The van der Waals surface area contributed by atoms with Gasteiger partial charge in [-0.1, -0.05) is 6.92 Å². The second-order valence-corrected chi connectivity index (χ2v) is 4.51. The average Bonchev–Trinajstić information content (AvgIpc) is 2.44. The van der Waals surface area contributed by atoms with E-state index in [0.717, 1.165) is 25.3 Å². The summed E-state index contributed by atoms with van der Waals surface area (Å²) in [5, 5.41) is 5.66. The lowest BCUT2D eigenvalue weighted by atomic mass is 10.3. The van der Waals surface area contributed by atoms with E-state index >= 15 is 0 Å². The van der Waals surface area contributed by atoms with Gasteiger partial charge in [0.2, 0.25) is 5.95 Å². The summed E-state index contributed by atoms with van der Waals surface area (Å²) in [4.78, 5) is 7.53. The molecule has 0 aliphatic heterocycles. The molecule has 0 aliphatic carbocycles. The van der Waals surface area contributed by atoms with Crippen LogP contribution in [0.15, 0.2) is 6.07 Å². The lowest BCUT2D eigenvalue weighted by molar-refractivity contribution is -0.141. The van der Waals surface area contributed by atoms with Gasteiger partial charge in [0, 0.05) is 32.9 Å². The highest BCUT2D eigenvalue weighted by Crippen LogP contribution is 2.29. The average molecular weight is 306 g/mol. The molecule has 0 unspecified atom stereocenters. The van der Waals surface area contributed by atoms with Gasteiger partial charge in [-0.05, 0) is 19.3 Å². The van der Waals surface area contributed by atoms with E-state index < -0.39 is 11.9 Å². The van der Waals surface area contributed by atoms with Crippen LogP contribution < -0.4 is 10.6 Å². The summed E-state index contributed by atoms with van der Waals surface area (Å²) in [5.74, 6) is 0.166. The van der Waals surface area contributed by atoms with Gasteiger partial charge in [-0.25, -0.2) is 4.98 Å². The van der Waals surface area contributed by atoms with Crippen molar-refractivity contribution in [3.63, 3.8) is 0 Å². The molecule has 21 heavy (non-hydrogen) atoms. The number of ether oxygens (including phenoxy) is 1. The van der Waals surface area contributed by atoms with Crippen molar-refractivity contribution < 1.29 is 17.9 Å². The largest absolute Gasteiger partial charge is 0.433 e. The third-order valence-electron chi connectivity index (χ3n) is 2.63. The summed E-state index contributed by atoms with van der Waals surface area (Å²) in [7, 11) is 1.61. The Balaban J connectivity index is 2.72. The van der Waals surface area contributed by atoms with E-state index in [2.05, 4.69) is 20.6 Å². The van der Waals surface area contributed by atoms with Crippen molar-refractivity contribution in [1.29, 1.82) is 0 Å². The Morgan fingerprint density at radius 2 is 1.90 bits per heavy atom. The normalized spacial score (nSPS) is 11.5. The molecular weight excluding hydrogens is 285 g/mol. The van der Waals surface area contributed by atoms with Crippen LogP contribution in [-0.4, -0.2) is 36.8 Å². The quantitative estimate of drug-likeness (QED) is 0.686. The lowest BCUT2D eigenvalue weighted by Crippen LogP contribution is -2.15. The van der Waals surface area contributed by atoms with E-state index in [0.29, 0.717) is 19.7 Å². The molecule has 5 nitrogen and oxygen atoms in total. The zero-order valence-electron chi connectivity index (χ0n) is 12.3. The summed E-state index contributed by atoms with van der Waals surface area (Å²) in [6, 6.07) is 0.924. The molecule has 120 valence electrons. The lowest BCUT2D eigenvalue weighted by Gasteiger charge is -2.12. The van der Waals surface area contributed by atoms with Crippen molar-refractivity contribution in [3.8, 4) is 0 Å². The Labute approximate surface area is 122 Å². The summed E-state index contributed by atoms with van der Waals surface area (Å²) in [6.45, 7) is 3.59. The number of halogens is 3. The predicted octanol–water partition coefficient (Wildman–Crippen LogP) is 3.16. The Morgan fingerprint density at radius 1 is 1.14 bits per heavy atom. The number of aromatic nitrogens is 2. The minimum Gasteiger partial charge on any atom is -0.385 e. The standard InChI is InChI=1S/C13H21F3N4O/c1-3-6-18-12-19-10(13(14,15)16)9-11(20-12)17-7-4-5-8-21-2/h9H,3-8H2,1-2H3,(H2,17,18,19,20). The van der Waals surface area contributed by atoms with Gasteiger partial charge < -0.3 is 15.4 Å². The first-order chi connectivity index (χ1) is 9.97. The third-order valence-corrected chi connectivity index (χ3v) is 2.63. The highest BCUT2D eigenvalue weighted by atomic mass is 19.4. The molecule has 0 fully saturated rings. The maximum absolute atomic E-state index is 12.8. The molecule has 0 atom stereocenters. The predicted molar refractivity (Wildman–Crippen MR) is 75.4 cm³/mol. The number of nitrogens with one attached hydrogen (secondary N) is 2. The van der Waals surface area contributed by atoms with Crippen molar-refractivity contribution in [1.82, 2.24) is 9.97 Å². The molecule has 0 radical (unpaired) electrons. The molecule has 0 aliphatic rings. The molecule has 0 spiro atoms. The van der Waals surface area contributed by atoms with Gasteiger partial charge in [-0.2, -0.15) is 18.2 Å². The number of nitrogens with zero attached hydrogens (tertiary/aromatic N) is 2. The number of unbranched alkanes of at least 4 members (excludes halogenated alkanes) is 1. The van der Waals surface area contributed by atoms with Gasteiger partial charge in [0.05, 0.1) is 0 Å². The van der Waals surface area contributed by atoms with Gasteiger partial charge in [0.1, 0.15) is 5.82 Å². The summed E-state index contributed by atoms with van der Waals surface area (Å²) < 4.78 is 43.3. The van der Waals surface area contributed by atoms with Crippen LogP contribution in [-0.2, 0) is 10.9 Å². The van der Waals surface area contributed by atoms with E-state index in [9.17, 15) is 13.2 Å². The first-order valence-corrected chi connectivity index (χ1v) is 6.90. The van der Waals surface area contributed by atoms with Crippen LogP contribution in [0.1, 0.15) is 31.9 Å². The van der Waals surface area contributed by atoms with Gasteiger partial charge in [0.15, 0.2) is 5.69 Å². The minimum absolute atomic E-state index is 0.00827. The fourth-order valence-corrected chi connectivity index (χ4v) is 1.59. The molecule has 0 amide bonds. The number of anilines is 2. The van der Waals surface area contributed by atoms with Gasteiger partial charge in [-0.3, -0.25) is 0 Å². The molecule has 1 aromatic rings. The van der Waals surface area contributed by atoms with E-state index in [4.69, 9.17) is 4.74 Å². The molecule has 0 saturated carbocycles. The van der Waals surface area contributed by atoms with E-state index in [1.54, 1.807) is 7.11 Å². The maximum Gasteiger partial charge on any atom is 0.433 e. The van der Waals surface area contributed by atoms with Crippen LogP contribution in [0.3, 0.4) is 0 Å². The van der Waals surface area contributed by atoms with Gasteiger partial charge in [-0.15, -0.1) is 0 Å². The Kier molecular flexibility index (Phi) is 7.21. The van der Waals surface area contributed by atoms with E-state index in [1.807, 2.05) is 6.92 Å². The van der Waals surface area contributed by atoms with Crippen LogP contribution in [0, 0.1) is 0 Å². The highest BCUT2D eigenvalue weighted by molar-refractivity contribution is 5.43. The molecular formula is C13H21F3N4O. The Bertz CT molecular complexity index is 426. The fraction of sp³-hybridized carbons (Fsp3) is 0.692. The van der Waals surface area contributed by atoms with Crippen molar-refractivity contribution in [2.24, 2.45) is 0 Å². The molecule has 0 bridgehead atoms. The van der Waals surface area contributed by atoms with Gasteiger partial charge in [0.25, 0.3) is 0 Å². The Morgan fingerprint density at radius 3 is 2.52 bits per heavy atom. The molecule has 1 heterocycles. The highest BCUT2D eigenvalue weighted by Gasteiger charge is 2.33. The molecule has 2 N–H and O–H groups in total. The van der Waals surface area contributed by atoms with Crippen LogP contribution in [0.2, 0.25) is 0 Å². The van der Waals surface area contributed by atoms with Crippen LogP contribution in [0.5, 0.6) is 0 Å². The van der Waals surface area contributed by atoms with Crippen LogP contribution >= 0.6 is 0 Å². The van der Waals surface area contributed by atoms with E-state index in [1.165, 1.54) is 0 Å². The summed E-state index contributed by atoms with van der Waals surface area (Å²) >= 11 is 0. The van der Waals surface area contributed by atoms with Crippen molar-refractivity contribution in [2.75, 3.05) is 37.4 Å². The molecule has 0 saturated heterocycles. The number of methoxy groups -OCH3 is 1. The molecule has 1 aromatic heterocycles. The minimum atomic E-state index is -4.49. The second-order valence-electron chi connectivity index (χ2n) is 4.51. The molecule has 0 aromatic carbocycles. The fourth-order valence-electron chi connectivity index (χ4n) is 1.59. The topological polar surface area (TPSA) is 59.1 Å². The van der Waals surface area contributed by atoms with Crippen molar-refractivity contribution in [2.45, 2.75) is 32.4 Å². The number of hydrogen-bond acceptors (Lipinski definition) is 5. The summed E-state index contributed by atoms with van der Waals surface area (Å²) in [5.41, 5.74) is -0.949. The third kappa shape index (κ3) is 6.61. The second kappa shape index (κ2) is 8.66. The maximum atomic E-state index is 12.8. The number of hydrogen-bond donors (Lipinski definition) is 2.